The van der Waals surface area contributed by atoms with Crippen LogP contribution in [0, 0.1) is 0 Å². The molecule has 30 heavy (non-hydrogen) atoms. The van der Waals surface area contributed by atoms with Gasteiger partial charge in [0, 0.05) is 26.6 Å². The van der Waals surface area contributed by atoms with Crippen LogP contribution in [-0.4, -0.2) is 17.7 Å². The van der Waals surface area contributed by atoms with Crippen molar-refractivity contribution in [2.45, 2.75) is 53.4 Å². The highest BCUT2D eigenvalue weighted by molar-refractivity contribution is 7.20. The Hall–Kier alpha value is -2.59. The standard InChI is InChI=1S/C26H30O3S/c1-5-9-18-14-19(10-6-2)26(29-7-3)22(15-18)20-11-8-12-23-21(20)16-24(30-23)17(4)13-25(27)28/h8,11-16H,5-7,9-10H2,1-4H3,(H,27,28)/b17-13-. The lowest BCUT2D eigenvalue weighted by Crippen LogP contribution is -2.01. The number of allylic oxidation sites excluding steroid dienone is 1. The van der Waals surface area contributed by atoms with Crippen LogP contribution >= 0.6 is 11.3 Å². The van der Waals surface area contributed by atoms with Gasteiger partial charge in [-0.2, -0.15) is 0 Å². The van der Waals surface area contributed by atoms with E-state index in [1.165, 1.54) is 17.2 Å². The number of ether oxygens (including phenoxy) is 1. The summed E-state index contributed by atoms with van der Waals surface area (Å²) in [5.41, 5.74) is 5.67. The molecule has 0 bridgehead atoms. The average Bonchev–Trinajstić information content (AvgIpc) is 3.14. The minimum Gasteiger partial charge on any atom is -0.493 e. The van der Waals surface area contributed by atoms with Crippen LogP contribution in [-0.2, 0) is 17.6 Å². The number of aliphatic carboxylic acids is 1. The SMILES string of the molecule is CCCc1cc(CCC)c(OCC)c(-c2cccc3sc(/C(C)=C\C(=O)O)cc23)c1. The summed E-state index contributed by atoms with van der Waals surface area (Å²) >= 11 is 1.63. The molecule has 0 aliphatic rings. The number of carbonyl (C=O) groups is 1. The quantitative estimate of drug-likeness (QED) is 0.366. The van der Waals surface area contributed by atoms with E-state index in [4.69, 9.17) is 9.84 Å². The van der Waals surface area contributed by atoms with Crippen molar-refractivity contribution in [3.8, 4) is 16.9 Å². The predicted octanol–water partition coefficient (Wildman–Crippen LogP) is 7.36. The topological polar surface area (TPSA) is 46.5 Å². The van der Waals surface area contributed by atoms with Gasteiger partial charge in [0.15, 0.2) is 0 Å². The Labute approximate surface area is 183 Å². The van der Waals surface area contributed by atoms with Gasteiger partial charge in [0.2, 0.25) is 0 Å². The third-order valence-electron chi connectivity index (χ3n) is 5.15. The first kappa shape index (κ1) is 22.1. The van der Waals surface area contributed by atoms with Crippen molar-refractivity contribution < 1.29 is 14.6 Å². The Kier molecular flexibility index (Phi) is 7.33. The van der Waals surface area contributed by atoms with Gasteiger partial charge in [-0.3, -0.25) is 0 Å². The lowest BCUT2D eigenvalue weighted by Gasteiger charge is -2.18. The molecule has 0 aliphatic heterocycles. The molecule has 0 amide bonds. The molecule has 0 saturated carbocycles. The number of rotatable bonds is 9. The largest absolute Gasteiger partial charge is 0.493 e. The second-order valence-corrected chi connectivity index (χ2v) is 8.64. The van der Waals surface area contributed by atoms with E-state index in [0.29, 0.717) is 6.61 Å². The van der Waals surface area contributed by atoms with Crippen molar-refractivity contribution in [2.24, 2.45) is 0 Å². The fourth-order valence-electron chi connectivity index (χ4n) is 3.90. The van der Waals surface area contributed by atoms with Crippen LogP contribution in [0.3, 0.4) is 0 Å². The van der Waals surface area contributed by atoms with Gasteiger partial charge in [0.05, 0.1) is 6.61 Å². The summed E-state index contributed by atoms with van der Waals surface area (Å²) in [4.78, 5) is 12.1. The molecular formula is C26H30O3S. The molecule has 3 rings (SSSR count). The van der Waals surface area contributed by atoms with Crippen LogP contribution in [0.2, 0.25) is 0 Å². The van der Waals surface area contributed by atoms with E-state index in [1.54, 1.807) is 11.3 Å². The van der Waals surface area contributed by atoms with Crippen LogP contribution in [0.5, 0.6) is 5.75 Å². The third-order valence-corrected chi connectivity index (χ3v) is 6.39. The number of aryl methyl sites for hydroxylation is 2. The molecule has 0 saturated heterocycles. The first-order valence-corrected chi connectivity index (χ1v) is 11.5. The van der Waals surface area contributed by atoms with Gasteiger partial charge in [-0.15, -0.1) is 11.3 Å². The van der Waals surface area contributed by atoms with Crippen molar-refractivity contribution in [3.05, 3.63) is 58.5 Å². The van der Waals surface area contributed by atoms with E-state index in [0.717, 1.165) is 63.1 Å². The highest BCUT2D eigenvalue weighted by Crippen LogP contribution is 2.42. The molecule has 0 fully saturated rings. The zero-order valence-corrected chi connectivity index (χ0v) is 19.1. The highest BCUT2D eigenvalue weighted by Gasteiger charge is 2.17. The predicted molar refractivity (Wildman–Crippen MR) is 128 cm³/mol. The minimum absolute atomic E-state index is 0.627. The van der Waals surface area contributed by atoms with Crippen LogP contribution in [0.1, 0.15) is 56.5 Å². The first-order chi connectivity index (χ1) is 14.5. The van der Waals surface area contributed by atoms with Gasteiger partial charge >= 0.3 is 5.97 Å². The van der Waals surface area contributed by atoms with Gasteiger partial charge in [-0.25, -0.2) is 4.79 Å². The van der Waals surface area contributed by atoms with Gasteiger partial charge < -0.3 is 9.84 Å². The van der Waals surface area contributed by atoms with Gasteiger partial charge in [0.1, 0.15) is 5.75 Å². The molecule has 0 spiro atoms. The monoisotopic (exact) mass is 422 g/mol. The third kappa shape index (κ3) is 4.76. The number of hydrogen-bond donors (Lipinski definition) is 1. The number of benzene rings is 2. The summed E-state index contributed by atoms with van der Waals surface area (Å²) in [5, 5.41) is 10.3. The van der Waals surface area contributed by atoms with Crippen LogP contribution in [0.25, 0.3) is 26.8 Å². The smallest absolute Gasteiger partial charge is 0.328 e. The molecule has 0 aliphatic carbocycles. The lowest BCUT2D eigenvalue weighted by atomic mass is 9.93. The molecule has 0 atom stereocenters. The van der Waals surface area contributed by atoms with E-state index < -0.39 is 5.97 Å². The van der Waals surface area contributed by atoms with Gasteiger partial charge in [-0.1, -0.05) is 44.9 Å². The van der Waals surface area contributed by atoms with E-state index in [1.807, 2.05) is 13.8 Å². The summed E-state index contributed by atoms with van der Waals surface area (Å²) in [5.74, 6) is 0.0672. The Morgan fingerprint density at radius 2 is 1.83 bits per heavy atom. The van der Waals surface area contributed by atoms with E-state index in [2.05, 4.69) is 50.2 Å². The molecule has 4 heteroatoms. The minimum atomic E-state index is -0.916. The van der Waals surface area contributed by atoms with Crippen LogP contribution < -0.4 is 4.74 Å². The van der Waals surface area contributed by atoms with Crippen molar-refractivity contribution in [1.82, 2.24) is 0 Å². The Bertz CT molecular complexity index is 1080. The van der Waals surface area contributed by atoms with Gasteiger partial charge in [0.25, 0.3) is 0 Å². The molecule has 3 aromatic rings. The molecular weight excluding hydrogens is 392 g/mol. The van der Waals surface area contributed by atoms with Crippen molar-refractivity contribution in [3.63, 3.8) is 0 Å². The number of carboxylic acid groups (broad SMARTS) is 1. The van der Waals surface area contributed by atoms with E-state index >= 15 is 0 Å². The fourth-order valence-corrected chi connectivity index (χ4v) is 4.96. The normalized spacial score (nSPS) is 11.8. The fraction of sp³-hybridized carbons (Fsp3) is 0.346. The van der Waals surface area contributed by atoms with Gasteiger partial charge in [-0.05, 0) is 67.2 Å². The van der Waals surface area contributed by atoms with Crippen molar-refractivity contribution in [2.75, 3.05) is 6.61 Å². The average molecular weight is 423 g/mol. The van der Waals surface area contributed by atoms with E-state index in [-0.39, 0.29) is 0 Å². The number of fused-ring (bicyclic) bond motifs is 1. The molecule has 158 valence electrons. The Balaban J connectivity index is 2.25. The summed E-state index contributed by atoms with van der Waals surface area (Å²) in [6.07, 6.45) is 5.48. The summed E-state index contributed by atoms with van der Waals surface area (Å²) in [6, 6.07) is 13.0. The lowest BCUT2D eigenvalue weighted by molar-refractivity contribution is -0.131. The number of hydrogen-bond acceptors (Lipinski definition) is 3. The highest BCUT2D eigenvalue weighted by atomic mass is 32.1. The maximum absolute atomic E-state index is 11.1. The van der Waals surface area contributed by atoms with Crippen LogP contribution in [0.4, 0.5) is 0 Å². The Morgan fingerprint density at radius 1 is 1.07 bits per heavy atom. The molecule has 1 aromatic heterocycles. The molecule has 1 N–H and O–H groups in total. The number of carboxylic acids is 1. The Morgan fingerprint density at radius 3 is 2.50 bits per heavy atom. The summed E-state index contributed by atoms with van der Waals surface area (Å²) < 4.78 is 7.33. The maximum Gasteiger partial charge on any atom is 0.328 e. The first-order valence-electron chi connectivity index (χ1n) is 10.7. The molecule has 1 heterocycles. The van der Waals surface area contributed by atoms with Crippen molar-refractivity contribution in [1.29, 1.82) is 0 Å². The number of thiophene rings is 1. The van der Waals surface area contributed by atoms with Crippen molar-refractivity contribution >= 4 is 33.0 Å². The molecule has 0 unspecified atom stereocenters. The zero-order valence-electron chi connectivity index (χ0n) is 18.2. The molecule has 0 radical (unpaired) electrons. The molecule has 3 nitrogen and oxygen atoms in total. The second-order valence-electron chi connectivity index (χ2n) is 7.56. The summed E-state index contributed by atoms with van der Waals surface area (Å²) in [7, 11) is 0. The maximum atomic E-state index is 11.1. The molecule has 2 aromatic carbocycles. The van der Waals surface area contributed by atoms with E-state index in [9.17, 15) is 4.79 Å². The van der Waals surface area contributed by atoms with Crippen LogP contribution in [0.15, 0.2) is 42.5 Å². The zero-order chi connectivity index (χ0) is 21.7. The summed E-state index contributed by atoms with van der Waals surface area (Å²) in [6.45, 7) is 8.92. The second kappa shape index (κ2) is 9.94.